The third kappa shape index (κ3) is 5.85. The summed E-state index contributed by atoms with van der Waals surface area (Å²) in [4.78, 5) is 34.2. The maximum atomic E-state index is 14.2. The van der Waals surface area contributed by atoms with Crippen LogP contribution in [0.3, 0.4) is 0 Å². The van der Waals surface area contributed by atoms with Crippen molar-refractivity contribution >= 4 is 11.9 Å². The molecule has 2 atom stereocenters. The van der Waals surface area contributed by atoms with Crippen molar-refractivity contribution in [2.75, 3.05) is 26.7 Å². The Morgan fingerprint density at radius 1 is 1.07 bits per heavy atom. The van der Waals surface area contributed by atoms with E-state index < -0.39 is 28.9 Å². The molecule has 10 heteroatoms. The number of halogens is 4. The number of likely N-dealkylation sites (tertiary alicyclic amines) is 1. The van der Waals surface area contributed by atoms with E-state index in [9.17, 15) is 27.2 Å². The average molecular weight is 576 g/mol. The van der Waals surface area contributed by atoms with Crippen LogP contribution in [0.2, 0.25) is 0 Å². The molecular weight excluding hydrogens is 538 g/mol. The second-order valence-corrected chi connectivity index (χ2v) is 12.1. The molecule has 0 bridgehead atoms. The lowest BCUT2D eigenvalue weighted by Crippen LogP contribution is -2.49. The minimum Gasteiger partial charge on any atom is -0.465 e. The Bertz CT molecular complexity index is 1310. The molecule has 1 aliphatic carbocycles. The van der Waals surface area contributed by atoms with Gasteiger partial charge >= 0.3 is 12.1 Å². The van der Waals surface area contributed by atoms with E-state index in [1.165, 1.54) is 19.2 Å². The molecule has 0 spiro atoms. The number of carbonyl (C=O) groups excluding carboxylic acids is 2. The third-order valence-electron chi connectivity index (χ3n) is 9.57. The van der Waals surface area contributed by atoms with Crippen molar-refractivity contribution in [2.24, 2.45) is 11.3 Å². The zero-order valence-corrected chi connectivity index (χ0v) is 23.8. The van der Waals surface area contributed by atoms with Gasteiger partial charge in [-0.2, -0.15) is 13.2 Å². The Kier molecular flexibility index (Phi) is 8.16. The molecule has 6 nitrogen and oxygen atoms in total. The number of esters is 1. The molecule has 0 N–H and O–H groups in total. The number of ether oxygens (including phenoxy) is 1. The van der Waals surface area contributed by atoms with Gasteiger partial charge in [0.05, 0.1) is 23.7 Å². The molecule has 222 valence electrons. The molecule has 3 heterocycles. The van der Waals surface area contributed by atoms with Gasteiger partial charge in [0.25, 0.3) is 0 Å². The highest BCUT2D eigenvalue weighted by Crippen LogP contribution is 2.48. The van der Waals surface area contributed by atoms with E-state index in [4.69, 9.17) is 4.74 Å². The number of hydrogen-bond acceptors (Lipinski definition) is 5. The molecular formula is C31H37F4N3O3. The number of pyridine rings is 1. The molecule has 0 unspecified atom stereocenters. The highest BCUT2D eigenvalue weighted by atomic mass is 19.4. The van der Waals surface area contributed by atoms with E-state index in [1.54, 1.807) is 11.0 Å². The number of rotatable bonds is 5. The van der Waals surface area contributed by atoms with Crippen LogP contribution in [-0.4, -0.2) is 59.4 Å². The number of fused-ring (bicyclic) bond motifs is 1. The summed E-state index contributed by atoms with van der Waals surface area (Å²) < 4.78 is 58.9. The summed E-state index contributed by atoms with van der Waals surface area (Å²) in [5, 5.41) is 0. The van der Waals surface area contributed by atoms with Gasteiger partial charge in [0, 0.05) is 37.4 Å². The first-order valence-corrected chi connectivity index (χ1v) is 14.4. The Balaban J connectivity index is 1.25. The summed E-state index contributed by atoms with van der Waals surface area (Å²) in [7, 11) is 1.28. The van der Waals surface area contributed by atoms with Crippen LogP contribution in [0.25, 0.3) is 0 Å². The van der Waals surface area contributed by atoms with Gasteiger partial charge in [-0.1, -0.05) is 13.8 Å². The van der Waals surface area contributed by atoms with Crippen molar-refractivity contribution in [3.8, 4) is 0 Å². The first-order valence-electron chi connectivity index (χ1n) is 14.4. The summed E-state index contributed by atoms with van der Waals surface area (Å²) in [6.45, 7) is 6.36. The number of aromatic nitrogens is 1. The molecule has 1 aromatic carbocycles. The minimum atomic E-state index is -4.47. The lowest BCUT2D eigenvalue weighted by molar-refractivity contribution is -0.146. The lowest BCUT2D eigenvalue weighted by Gasteiger charge is -2.41. The Morgan fingerprint density at radius 3 is 2.46 bits per heavy atom. The zero-order chi connectivity index (χ0) is 29.5. The number of alkyl halides is 3. The van der Waals surface area contributed by atoms with Gasteiger partial charge in [-0.25, -0.2) is 9.18 Å². The van der Waals surface area contributed by atoms with Gasteiger partial charge in [0.1, 0.15) is 5.82 Å². The topological polar surface area (TPSA) is 62.7 Å². The van der Waals surface area contributed by atoms with Gasteiger partial charge in [-0.05, 0) is 92.4 Å². The fraction of sp³-hybridized carbons (Fsp3) is 0.581. The van der Waals surface area contributed by atoms with Crippen LogP contribution in [0.5, 0.6) is 0 Å². The molecule has 1 amide bonds. The first kappa shape index (κ1) is 29.5. The molecule has 3 aliphatic rings. The highest BCUT2D eigenvalue weighted by molar-refractivity contribution is 5.89. The normalized spacial score (nSPS) is 24.0. The smallest absolute Gasteiger partial charge is 0.417 e. The number of carbonyl (C=O) groups is 2. The molecule has 1 saturated carbocycles. The summed E-state index contributed by atoms with van der Waals surface area (Å²) in [5.41, 5.74) is 0.774. The van der Waals surface area contributed by atoms with E-state index in [-0.39, 0.29) is 35.9 Å². The van der Waals surface area contributed by atoms with Crippen LogP contribution in [0.4, 0.5) is 17.6 Å². The lowest BCUT2D eigenvalue weighted by atomic mass is 9.73. The molecule has 5 rings (SSSR count). The Morgan fingerprint density at radius 2 is 1.80 bits per heavy atom. The third-order valence-corrected chi connectivity index (χ3v) is 9.57. The summed E-state index contributed by atoms with van der Waals surface area (Å²) in [6.07, 6.45) is 0.824. The van der Waals surface area contributed by atoms with Gasteiger partial charge in [-0.15, -0.1) is 0 Å². The van der Waals surface area contributed by atoms with E-state index >= 15 is 0 Å². The van der Waals surface area contributed by atoms with Crippen molar-refractivity contribution in [1.82, 2.24) is 14.8 Å². The van der Waals surface area contributed by atoms with Gasteiger partial charge < -0.3 is 14.5 Å². The molecule has 1 aromatic heterocycles. The number of benzene rings is 1. The predicted octanol–water partition coefficient (Wildman–Crippen LogP) is 5.99. The Hall–Kier alpha value is -3.01. The van der Waals surface area contributed by atoms with Crippen molar-refractivity contribution in [3.63, 3.8) is 0 Å². The first-order chi connectivity index (χ1) is 19.4. The van der Waals surface area contributed by atoms with Crippen molar-refractivity contribution < 1.29 is 31.9 Å². The summed E-state index contributed by atoms with van der Waals surface area (Å²) in [5.74, 6) is -0.761. The summed E-state index contributed by atoms with van der Waals surface area (Å²) >= 11 is 0. The van der Waals surface area contributed by atoms with Gasteiger partial charge in [0.2, 0.25) is 5.91 Å². The summed E-state index contributed by atoms with van der Waals surface area (Å²) in [6, 6.07) is 5.78. The largest absolute Gasteiger partial charge is 0.465 e. The number of amides is 1. The van der Waals surface area contributed by atoms with E-state index in [0.29, 0.717) is 30.6 Å². The van der Waals surface area contributed by atoms with Crippen LogP contribution >= 0.6 is 0 Å². The predicted molar refractivity (Wildman–Crippen MR) is 145 cm³/mol. The molecule has 41 heavy (non-hydrogen) atoms. The molecule has 2 fully saturated rings. The number of nitrogens with zero attached hydrogens (tertiary/aromatic N) is 3. The van der Waals surface area contributed by atoms with E-state index in [1.807, 2.05) is 0 Å². The van der Waals surface area contributed by atoms with Crippen molar-refractivity contribution in [2.45, 2.75) is 77.1 Å². The van der Waals surface area contributed by atoms with E-state index in [0.717, 1.165) is 56.6 Å². The standard InChI is InChI=1S/C31H37F4N3O3/c1-19(2)30(29(40)38-11-7-27-23(18-38)13-24(17-36-27)31(33,34)35)8-4-26(16-30)37-9-5-20(6-10-37)21-12-22(28(39)41-3)15-25(32)14-21/h12-15,17,19-20,26H,4-11,16,18H2,1-3H3/t26-,30+/m1/s1. The number of methoxy groups -OCH3 is 1. The van der Waals surface area contributed by atoms with Crippen molar-refractivity contribution in [1.29, 1.82) is 0 Å². The van der Waals surface area contributed by atoms with Gasteiger partial charge in [-0.3, -0.25) is 9.78 Å². The van der Waals surface area contributed by atoms with Crippen LogP contribution < -0.4 is 0 Å². The van der Waals surface area contributed by atoms with Gasteiger partial charge in [0.15, 0.2) is 0 Å². The fourth-order valence-corrected chi connectivity index (χ4v) is 7.08. The monoisotopic (exact) mass is 575 g/mol. The minimum absolute atomic E-state index is 0.0306. The second-order valence-electron chi connectivity index (χ2n) is 12.1. The molecule has 2 aromatic rings. The number of piperidine rings is 1. The van der Waals surface area contributed by atoms with Crippen LogP contribution in [0.1, 0.15) is 84.6 Å². The zero-order valence-electron chi connectivity index (χ0n) is 23.8. The quantitative estimate of drug-likeness (QED) is 0.324. The highest BCUT2D eigenvalue weighted by Gasteiger charge is 2.51. The van der Waals surface area contributed by atoms with Crippen LogP contribution in [0.15, 0.2) is 30.5 Å². The van der Waals surface area contributed by atoms with Crippen molar-refractivity contribution in [3.05, 3.63) is 64.2 Å². The Labute approximate surface area is 238 Å². The SMILES string of the molecule is COC(=O)c1cc(F)cc(C2CCN([C@@H]3CC[C@@](C(=O)N4CCc5ncc(C(F)(F)F)cc5C4)(C(C)C)C3)CC2)c1. The molecule has 1 saturated heterocycles. The van der Waals surface area contributed by atoms with E-state index in [2.05, 4.69) is 23.7 Å². The molecule has 2 aliphatic heterocycles. The maximum Gasteiger partial charge on any atom is 0.417 e. The van der Waals surface area contributed by atoms with Crippen LogP contribution in [-0.2, 0) is 28.7 Å². The number of hydrogen-bond donors (Lipinski definition) is 0. The average Bonchev–Trinajstić information content (AvgIpc) is 3.42. The maximum absolute atomic E-state index is 14.2. The molecule has 0 radical (unpaired) electrons. The fourth-order valence-electron chi connectivity index (χ4n) is 7.08. The van der Waals surface area contributed by atoms with Crippen LogP contribution in [0, 0.1) is 17.2 Å². The second kappa shape index (κ2) is 11.3.